The van der Waals surface area contributed by atoms with Gasteiger partial charge in [-0.15, -0.1) is 5.10 Å². The number of sulfonamides is 1. The molecule has 1 saturated carbocycles. The molecule has 1 unspecified atom stereocenters. The van der Waals surface area contributed by atoms with Crippen molar-refractivity contribution in [2.75, 3.05) is 5.75 Å². The first-order valence-corrected chi connectivity index (χ1v) is 12.4. The Kier molecular flexibility index (Phi) is 6.33. The van der Waals surface area contributed by atoms with Gasteiger partial charge in [0.25, 0.3) is 0 Å². The SMILES string of the molecule is O=c1[nH]nc(SCCC(NS(=O)(=O)c2ccc(Cl)cc2)c2ccccc2)n1C1CC1. The van der Waals surface area contributed by atoms with E-state index < -0.39 is 16.1 Å². The van der Waals surface area contributed by atoms with Crippen molar-refractivity contribution in [3.05, 3.63) is 75.7 Å². The van der Waals surface area contributed by atoms with Crippen LogP contribution in [0.5, 0.6) is 0 Å². The van der Waals surface area contributed by atoms with Gasteiger partial charge in [-0.3, -0.25) is 4.57 Å². The van der Waals surface area contributed by atoms with Gasteiger partial charge in [-0.2, -0.15) is 0 Å². The van der Waals surface area contributed by atoms with Crippen molar-refractivity contribution in [3.8, 4) is 0 Å². The van der Waals surface area contributed by atoms with Crippen LogP contribution in [0.25, 0.3) is 0 Å². The van der Waals surface area contributed by atoms with E-state index in [-0.39, 0.29) is 16.6 Å². The molecule has 0 bridgehead atoms. The number of nitrogens with zero attached hydrogens (tertiary/aromatic N) is 2. The van der Waals surface area contributed by atoms with Gasteiger partial charge >= 0.3 is 5.69 Å². The van der Waals surface area contributed by atoms with Crippen molar-refractivity contribution in [2.24, 2.45) is 0 Å². The Morgan fingerprint density at radius 3 is 2.53 bits per heavy atom. The highest BCUT2D eigenvalue weighted by atomic mass is 35.5. The Morgan fingerprint density at radius 1 is 1.17 bits per heavy atom. The summed E-state index contributed by atoms with van der Waals surface area (Å²) >= 11 is 7.33. The molecule has 1 aromatic heterocycles. The number of H-pyrrole nitrogens is 1. The summed E-state index contributed by atoms with van der Waals surface area (Å²) in [7, 11) is -3.72. The Labute approximate surface area is 183 Å². The molecule has 3 aromatic rings. The smallest absolute Gasteiger partial charge is 0.267 e. The average Bonchev–Trinajstić information content (AvgIpc) is 3.51. The molecule has 7 nitrogen and oxygen atoms in total. The third-order valence-corrected chi connectivity index (χ3v) is 7.57. The Morgan fingerprint density at radius 2 is 1.87 bits per heavy atom. The van der Waals surface area contributed by atoms with E-state index in [1.165, 1.54) is 23.9 Å². The third-order valence-electron chi connectivity index (χ3n) is 4.85. The summed E-state index contributed by atoms with van der Waals surface area (Å²) in [6.45, 7) is 0. The molecule has 30 heavy (non-hydrogen) atoms. The van der Waals surface area contributed by atoms with E-state index in [1.807, 2.05) is 30.3 Å². The molecular formula is C20H21ClN4O3S2. The first kappa shape index (κ1) is 21.2. The van der Waals surface area contributed by atoms with Crippen LogP contribution in [0.2, 0.25) is 5.02 Å². The molecule has 2 N–H and O–H groups in total. The fraction of sp³-hybridized carbons (Fsp3) is 0.300. The Hall–Kier alpha value is -2.07. The predicted octanol–water partition coefficient (Wildman–Crippen LogP) is 3.76. The highest BCUT2D eigenvalue weighted by molar-refractivity contribution is 7.99. The van der Waals surface area contributed by atoms with E-state index in [9.17, 15) is 13.2 Å². The minimum atomic E-state index is -3.72. The van der Waals surface area contributed by atoms with Crippen LogP contribution in [0.15, 0.2) is 69.4 Å². The molecule has 0 spiro atoms. The minimum absolute atomic E-state index is 0.162. The molecule has 10 heteroatoms. The standard InChI is InChI=1S/C20H21ClN4O3S2/c21-15-6-10-17(11-7-15)30(27,28)24-18(14-4-2-1-3-5-14)12-13-29-20-23-22-19(26)25(20)16-8-9-16/h1-7,10-11,16,18,24H,8-9,12-13H2,(H,22,26). The van der Waals surface area contributed by atoms with E-state index in [0.29, 0.717) is 22.4 Å². The van der Waals surface area contributed by atoms with Gasteiger partial charge in [0.1, 0.15) is 0 Å². The molecule has 0 amide bonds. The van der Waals surface area contributed by atoms with Gasteiger partial charge in [-0.1, -0.05) is 53.7 Å². The van der Waals surface area contributed by atoms with Gasteiger partial charge in [0.2, 0.25) is 10.0 Å². The topological polar surface area (TPSA) is 96.8 Å². The number of nitrogens with one attached hydrogen (secondary N) is 2. The van der Waals surface area contributed by atoms with Gasteiger partial charge in [-0.05, 0) is 49.1 Å². The monoisotopic (exact) mass is 464 g/mol. The normalized spacial score (nSPS) is 15.2. The number of aromatic nitrogens is 3. The molecule has 158 valence electrons. The maximum Gasteiger partial charge on any atom is 0.344 e. The highest BCUT2D eigenvalue weighted by Crippen LogP contribution is 2.36. The van der Waals surface area contributed by atoms with E-state index in [1.54, 1.807) is 16.7 Å². The summed E-state index contributed by atoms with van der Waals surface area (Å²) in [5.74, 6) is 0.597. The molecule has 1 aliphatic carbocycles. The van der Waals surface area contributed by atoms with Crippen LogP contribution in [0.4, 0.5) is 0 Å². The zero-order valence-corrected chi connectivity index (χ0v) is 18.4. The lowest BCUT2D eigenvalue weighted by Crippen LogP contribution is -2.29. The minimum Gasteiger partial charge on any atom is -0.267 e. The third kappa shape index (κ3) is 4.97. The lowest BCUT2D eigenvalue weighted by Gasteiger charge is -2.19. The van der Waals surface area contributed by atoms with Crippen molar-refractivity contribution >= 4 is 33.4 Å². The molecule has 2 aromatic carbocycles. The summed E-state index contributed by atoms with van der Waals surface area (Å²) in [4.78, 5) is 12.1. The van der Waals surface area contributed by atoms with Crippen molar-refractivity contribution < 1.29 is 8.42 Å². The van der Waals surface area contributed by atoms with E-state index in [2.05, 4.69) is 14.9 Å². The zero-order valence-electron chi connectivity index (χ0n) is 16.0. The lowest BCUT2D eigenvalue weighted by molar-refractivity contribution is 0.551. The zero-order chi connectivity index (χ0) is 21.1. The van der Waals surface area contributed by atoms with E-state index in [0.717, 1.165) is 18.4 Å². The highest BCUT2D eigenvalue weighted by Gasteiger charge is 2.29. The van der Waals surface area contributed by atoms with Crippen molar-refractivity contribution in [3.63, 3.8) is 0 Å². The van der Waals surface area contributed by atoms with E-state index in [4.69, 9.17) is 11.6 Å². The molecule has 1 heterocycles. The number of thioether (sulfide) groups is 1. The lowest BCUT2D eigenvalue weighted by atomic mass is 10.1. The number of hydrogen-bond acceptors (Lipinski definition) is 5. The number of rotatable bonds is 9. The first-order valence-electron chi connectivity index (χ1n) is 9.56. The van der Waals surface area contributed by atoms with Gasteiger partial charge in [0.15, 0.2) is 5.16 Å². The summed E-state index contributed by atoms with van der Waals surface area (Å²) in [6.07, 6.45) is 2.51. The average molecular weight is 465 g/mol. The van der Waals surface area contributed by atoms with Crippen LogP contribution < -0.4 is 10.4 Å². The van der Waals surface area contributed by atoms with Gasteiger partial charge < -0.3 is 0 Å². The van der Waals surface area contributed by atoms with Crippen molar-refractivity contribution in [1.29, 1.82) is 0 Å². The fourth-order valence-electron chi connectivity index (χ4n) is 3.16. The quantitative estimate of drug-likeness (QED) is 0.470. The fourth-order valence-corrected chi connectivity index (χ4v) is 5.57. The molecule has 1 atom stereocenters. The molecule has 4 rings (SSSR count). The molecule has 1 fully saturated rings. The van der Waals surface area contributed by atoms with Crippen LogP contribution in [0.1, 0.15) is 36.9 Å². The van der Waals surface area contributed by atoms with E-state index >= 15 is 0 Å². The van der Waals surface area contributed by atoms with Gasteiger partial charge in [-0.25, -0.2) is 23.0 Å². The van der Waals surface area contributed by atoms with Crippen molar-refractivity contribution in [2.45, 2.75) is 41.4 Å². The summed E-state index contributed by atoms with van der Waals surface area (Å²) in [6, 6.07) is 15.3. The van der Waals surface area contributed by atoms with Crippen LogP contribution in [-0.4, -0.2) is 28.9 Å². The molecule has 0 aliphatic heterocycles. The summed E-state index contributed by atoms with van der Waals surface area (Å²) in [5, 5.41) is 7.75. The molecule has 0 radical (unpaired) electrons. The number of halogens is 1. The summed E-state index contributed by atoms with van der Waals surface area (Å²) < 4.78 is 30.3. The second-order valence-corrected chi connectivity index (χ2v) is 10.3. The number of hydrogen-bond donors (Lipinski definition) is 2. The van der Waals surface area contributed by atoms with Gasteiger partial charge in [0, 0.05) is 22.9 Å². The van der Waals surface area contributed by atoms with Crippen LogP contribution in [0, 0.1) is 0 Å². The number of aromatic amines is 1. The first-order chi connectivity index (χ1) is 14.4. The maximum absolute atomic E-state index is 12.9. The largest absolute Gasteiger partial charge is 0.344 e. The van der Waals surface area contributed by atoms with Crippen molar-refractivity contribution in [1.82, 2.24) is 19.5 Å². The van der Waals surface area contributed by atoms with Gasteiger partial charge in [0.05, 0.1) is 4.90 Å². The van der Waals surface area contributed by atoms with Crippen LogP contribution in [0.3, 0.4) is 0 Å². The Balaban J connectivity index is 1.49. The number of benzene rings is 2. The van der Waals surface area contributed by atoms with Crippen LogP contribution in [-0.2, 0) is 10.0 Å². The molecule has 1 aliphatic rings. The molecule has 0 saturated heterocycles. The second kappa shape index (κ2) is 8.97. The van der Waals surface area contributed by atoms with Crippen LogP contribution >= 0.6 is 23.4 Å². The Bertz CT molecular complexity index is 1160. The maximum atomic E-state index is 12.9. The predicted molar refractivity (Wildman–Crippen MR) is 117 cm³/mol. The molecular weight excluding hydrogens is 444 g/mol. The second-order valence-electron chi connectivity index (χ2n) is 7.09. The summed E-state index contributed by atoms with van der Waals surface area (Å²) in [5.41, 5.74) is 0.681.